The van der Waals surface area contributed by atoms with Crippen LogP contribution in [-0.4, -0.2) is 35.1 Å². The van der Waals surface area contributed by atoms with Crippen LogP contribution in [-0.2, 0) is 10.2 Å². The van der Waals surface area contributed by atoms with Crippen LogP contribution < -0.4 is 0 Å². The van der Waals surface area contributed by atoms with Crippen molar-refractivity contribution < 1.29 is 9.90 Å². The summed E-state index contributed by atoms with van der Waals surface area (Å²) in [5.41, 5.74) is 0.813. The van der Waals surface area contributed by atoms with Gasteiger partial charge in [0, 0.05) is 17.6 Å². The molecule has 1 amide bonds. The van der Waals surface area contributed by atoms with Crippen molar-refractivity contribution in [1.82, 2.24) is 4.90 Å². The fourth-order valence-corrected chi connectivity index (χ4v) is 2.71. The Balaban J connectivity index is 1.81. The molecule has 3 nitrogen and oxygen atoms in total. The molecule has 0 aromatic heterocycles. The summed E-state index contributed by atoms with van der Waals surface area (Å²) < 4.78 is 1.03. The zero-order chi connectivity index (χ0) is 12.0. The molecule has 0 atom stereocenters. The molecular formula is C13H14BrNO2. The minimum atomic E-state index is -0.320. The predicted octanol–water partition coefficient (Wildman–Crippen LogP) is 1.68. The number of aliphatic hydroxyl groups excluding tert-OH is 1. The van der Waals surface area contributed by atoms with Gasteiger partial charge in [0.25, 0.3) is 0 Å². The van der Waals surface area contributed by atoms with Gasteiger partial charge < -0.3 is 10.0 Å². The number of hydrogen-bond acceptors (Lipinski definition) is 2. The summed E-state index contributed by atoms with van der Waals surface area (Å²) in [4.78, 5) is 14.1. The third-order valence-electron chi connectivity index (χ3n) is 3.71. The Labute approximate surface area is 109 Å². The van der Waals surface area contributed by atoms with Crippen molar-refractivity contribution in [2.45, 2.75) is 24.4 Å². The molecule has 0 spiro atoms. The highest BCUT2D eigenvalue weighted by atomic mass is 79.9. The highest BCUT2D eigenvalue weighted by Gasteiger charge is 2.54. The zero-order valence-electron chi connectivity index (χ0n) is 9.40. The number of benzene rings is 1. The van der Waals surface area contributed by atoms with Gasteiger partial charge in [-0.1, -0.05) is 28.1 Å². The number of aliphatic hydroxyl groups is 1. The first-order valence-electron chi connectivity index (χ1n) is 5.85. The Morgan fingerprint density at radius 2 is 1.88 bits per heavy atom. The normalized spacial score (nSPS) is 22.1. The Morgan fingerprint density at radius 3 is 2.35 bits per heavy atom. The molecule has 3 rings (SSSR count). The van der Waals surface area contributed by atoms with Gasteiger partial charge in [-0.25, -0.2) is 0 Å². The van der Waals surface area contributed by atoms with E-state index >= 15 is 0 Å². The first kappa shape index (κ1) is 11.2. The fourth-order valence-electron chi connectivity index (χ4n) is 2.44. The van der Waals surface area contributed by atoms with E-state index in [1.807, 2.05) is 24.3 Å². The summed E-state index contributed by atoms with van der Waals surface area (Å²) in [5, 5.41) is 9.26. The highest BCUT2D eigenvalue weighted by Crippen LogP contribution is 2.50. The van der Waals surface area contributed by atoms with Crippen molar-refractivity contribution >= 4 is 21.8 Å². The quantitative estimate of drug-likeness (QED) is 0.902. The molecule has 4 heteroatoms. The number of carbonyl (C=O) groups excluding carboxylic acids is 1. The Hall–Kier alpha value is -0.870. The van der Waals surface area contributed by atoms with Crippen LogP contribution in [0, 0.1) is 0 Å². The molecule has 1 aromatic carbocycles. The fraction of sp³-hybridized carbons (Fsp3) is 0.462. The van der Waals surface area contributed by atoms with E-state index in [1.54, 1.807) is 4.90 Å². The molecule has 2 fully saturated rings. The average molecular weight is 296 g/mol. The smallest absolute Gasteiger partial charge is 0.233 e. The summed E-state index contributed by atoms with van der Waals surface area (Å²) >= 11 is 3.40. The minimum Gasteiger partial charge on any atom is -0.389 e. The molecule has 1 saturated carbocycles. The lowest BCUT2D eigenvalue weighted by Gasteiger charge is -2.38. The molecule has 1 N–H and O–H groups in total. The average Bonchev–Trinajstić information content (AvgIpc) is 3.06. The second kappa shape index (κ2) is 3.82. The molecule has 1 aliphatic carbocycles. The van der Waals surface area contributed by atoms with Crippen LogP contribution in [0.4, 0.5) is 0 Å². The second-order valence-corrected chi connectivity index (χ2v) is 5.87. The SMILES string of the molecule is O=C(N1CC(O)C1)C1(c2ccc(Br)cc2)CC1. The maximum absolute atomic E-state index is 12.3. The lowest BCUT2D eigenvalue weighted by molar-refractivity contribution is -0.144. The number of rotatable bonds is 2. The topological polar surface area (TPSA) is 40.5 Å². The number of halogens is 1. The molecule has 1 heterocycles. The van der Waals surface area contributed by atoms with Gasteiger partial charge in [-0.05, 0) is 30.5 Å². The molecule has 0 bridgehead atoms. The van der Waals surface area contributed by atoms with Gasteiger partial charge in [-0.2, -0.15) is 0 Å². The monoisotopic (exact) mass is 295 g/mol. The number of β-amino-alcohol motifs (C(OH)–C–C–N with tert-alkyl or cyclic N) is 1. The van der Waals surface area contributed by atoms with Crippen molar-refractivity contribution in [2.24, 2.45) is 0 Å². The molecule has 0 radical (unpaired) electrons. The number of amides is 1. The van der Waals surface area contributed by atoms with Crippen LogP contribution in [0.15, 0.2) is 28.7 Å². The third kappa shape index (κ3) is 1.79. The van der Waals surface area contributed by atoms with E-state index in [0.29, 0.717) is 13.1 Å². The van der Waals surface area contributed by atoms with Crippen LogP contribution >= 0.6 is 15.9 Å². The Morgan fingerprint density at radius 1 is 1.29 bits per heavy atom. The van der Waals surface area contributed by atoms with Crippen molar-refractivity contribution in [1.29, 1.82) is 0 Å². The van der Waals surface area contributed by atoms with E-state index in [1.165, 1.54) is 0 Å². The van der Waals surface area contributed by atoms with Crippen LogP contribution in [0.1, 0.15) is 18.4 Å². The summed E-state index contributed by atoms with van der Waals surface area (Å²) in [6, 6.07) is 8.00. The van der Waals surface area contributed by atoms with E-state index in [0.717, 1.165) is 22.9 Å². The van der Waals surface area contributed by atoms with Gasteiger partial charge in [-0.3, -0.25) is 4.79 Å². The van der Waals surface area contributed by atoms with Crippen molar-refractivity contribution in [2.75, 3.05) is 13.1 Å². The standard InChI is InChI=1S/C13H14BrNO2/c14-10-3-1-9(2-4-10)13(5-6-13)12(17)15-7-11(16)8-15/h1-4,11,16H,5-8H2. The van der Waals surface area contributed by atoms with Gasteiger partial charge in [0.1, 0.15) is 0 Å². The number of nitrogens with zero attached hydrogens (tertiary/aromatic N) is 1. The Kier molecular flexibility index (Phi) is 2.52. The second-order valence-electron chi connectivity index (χ2n) is 4.95. The summed E-state index contributed by atoms with van der Waals surface area (Å²) in [6.07, 6.45) is 1.54. The number of likely N-dealkylation sites (tertiary alicyclic amines) is 1. The maximum atomic E-state index is 12.3. The molecule has 17 heavy (non-hydrogen) atoms. The van der Waals surface area contributed by atoms with E-state index in [4.69, 9.17) is 0 Å². The molecule has 1 aliphatic heterocycles. The number of hydrogen-bond donors (Lipinski definition) is 1. The van der Waals surface area contributed by atoms with Crippen LogP contribution in [0.2, 0.25) is 0 Å². The van der Waals surface area contributed by atoms with Gasteiger partial charge >= 0.3 is 0 Å². The summed E-state index contributed by atoms with van der Waals surface area (Å²) in [5.74, 6) is 0.185. The van der Waals surface area contributed by atoms with Gasteiger partial charge in [-0.15, -0.1) is 0 Å². The molecule has 90 valence electrons. The van der Waals surface area contributed by atoms with Gasteiger partial charge in [0.15, 0.2) is 0 Å². The minimum absolute atomic E-state index is 0.185. The van der Waals surface area contributed by atoms with E-state index < -0.39 is 0 Å². The van der Waals surface area contributed by atoms with Crippen molar-refractivity contribution in [3.05, 3.63) is 34.3 Å². The number of carbonyl (C=O) groups is 1. The Bertz CT molecular complexity index is 447. The molecule has 0 unspecified atom stereocenters. The summed E-state index contributed by atoms with van der Waals surface area (Å²) in [6.45, 7) is 0.994. The van der Waals surface area contributed by atoms with Crippen LogP contribution in [0.3, 0.4) is 0 Å². The third-order valence-corrected chi connectivity index (χ3v) is 4.23. The molecular weight excluding hydrogens is 282 g/mol. The van der Waals surface area contributed by atoms with Crippen LogP contribution in [0.25, 0.3) is 0 Å². The van der Waals surface area contributed by atoms with Gasteiger partial charge in [0.05, 0.1) is 11.5 Å². The zero-order valence-corrected chi connectivity index (χ0v) is 11.0. The van der Waals surface area contributed by atoms with Gasteiger partial charge in [0.2, 0.25) is 5.91 Å². The maximum Gasteiger partial charge on any atom is 0.233 e. The van der Waals surface area contributed by atoms with E-state index in [-0.39, 0.29) is 17.4 Å². The molecule has 1 aromatic rings. The highest BCUT2D eigenvalue weighted by molar-refractivity contribution is 9.10. The van der Waals surface area contributed by atoms with E-state index in [9.17, 15) is 9.90 Å². The van der Waals surface area contributed by atoms with E-state index in [2.05, 4.69) is 15.9 Å². The lowest BCUT2D eigenvalue weighted by atomic mass is 9.93. The molecule has 1 saturated heterocycles. The van der Waals surface area contributed by atoms with Crippen molar-refractivity contribution in [3.63, 3.8) is 0 Å². The lowest BCUT2D eigenvalue weighted by Crippen LogP contribution is -2.56. The largest absolute Gasteiger partial charge is 0.389 e. The predicted molar refractivity (Wildman–Crippen MR) is 67.6 cm³/mol. The van der Waals surface area contributed by atoms with Crippen LogP contribution in [0.5, 0.6) is 0 Å². The first-order chi connectivity index (χ1) is 8.12. The summed E-state index contributed by atoms with van der Waals surface area (Å²) in [7, 11) is 0. The molecule has 2 aliphatic rings. The first-order valence-corrected chi connectivity index (χ1v) is 6.65. The van der Waals surface area contributed by atoms with Crippen molar-refractivity contribution in [3.8, 4) is 0 Å².